The summed E-state index contributed by atoms with van der Waals surface area (Å²) in [5.74, 6) is -3.22. The van der Waals surface area contributed by atoms with Crippen LogP contribution in [0.5, 0.6) is 5.75 Å². The van der Waals surface area contributed by atoms with Crippen LogP contribution in [0, 0.1) is 11.3 Å². The van der Waals surface area contributed by atoms with E-state index >= 15 is 0 Å². The minimum Gasteiger partial charge on any atom is -0.506 e. The van der Waals surface area contributed by atoms with Crippen LogP contribution in [-0.4, -0.2) is 31.3 Å². The van der Waals surface area contributed by atoms with Gasteiger partial charge in [0.25, 0.3) is 0 Å². The summed E-state index contributed by atoms with van der Waals surface area (Å²) in [7, 11) is 2.30. The monoisotopic (exact) mass is 439 g/mol. The van der Waals surface area contributed by atoms with Gasteiger partial charge in [-0.25, -0.2) is 9.59 Å². The van der Waals surface area contributed by atoms with Crippen molar-refractivity contribution in [3.63, 3.8) is 0 Å². The fourth-order valence-electron chi connectivity index (χ4n) is 3.45. The van der Waals surface area contributed by atoms with E-state index in [0.29, 0.717) is 5.56 Å². The molecule has 0 saturated carbocycles. The lowest BCUT2D eigenvalue weighted by molar-refractivity contribution is -0.139. The number of nitriles is 1. The summed E-state index contributed by atoms with van der Waals surface area (Å²) in [6.07, 6.45) is 0. The van der Waals surface area contributed by atoms with E-state index in [4.69, 9.17) is 26.8 Å². The Bertz CT molecular complexity index is 1150. The Labute approximate surface area is 183 Å². The molecular formula is C22H18ClN3O5. The van der Waals surface area contributed by atoms with Crippen LogP contribution in [0.15, 0.2) is 71.2 Å². The molecule has 0 bridgehead atoms. The smallest absolute Gasteiger partial charge is 0.355 e. The molecule has 9 heteroatoms. The number of allylic oxidation sites excluding steroid dienone is 1. The number of nitrogens with two attached hydrogens (primary N) is 1. The number of aromatic hydroxyl groups is 1. The highest BCUT2D eigenvalue weighted by molar-refractivity contribution is 6.30. The second kappa shape index (κ2) is 8.81. The molecule has 158 valence electrons. The molecule has 3 N–H and O–H groups in total. The van der Waals surface area contributed by atoms with Crippen LogP contribution in [-0.2, 0) is 19.1 Å². The maximum Gasteiger partial charge on any atom is 0.355 e. The lowest BCUT2D eigenvalue weighted by Gasteiger charge is -2.36. The zero-order valence-electron chi connectivity index (χ0n) is 16.6. The quantitative estimate of drug-likeness (QED) is 0.696. The van der Waals surface area contributed by atoms with Crippen molar-refractivity contribution in [3.05, 3.63) is 81.8 Å². The number of rotatable bonds is 4. The molecule has 1 aliphatic heterocycles. The summed E-state index contributed by atoms with van der Waals surface area (Å²) in [6, 6.07) is 14.8. The lowest BCUT2D eigenvalue weighted by atomic mass is 9.81. The maximum absolute atomic E-state index is 12.9. The fraction of sp³-hybridized carbons (Fsp3) is 0.136. The molecule has 8 nitrogen and oxygen atoms in total. The van der Waals surface area contributed by atoms with Gasteiger partial charge < -0.3 is 20.3 Å². The second-order valence-electron chi connectivity index (χ2n) is 6.47. The van der Waals surface area contributed by atoms with Gasteiger partial charge in [0, 0.05) is 11.1 Å². The van der Waals surface area contributed by atoms with Crippen molar-refractivity contribution >= 4 is 29.2 Å². The van der Waals surface area contributed by atoms with Crippen molar-refractivity contribution in [2.45, 2.75) is 5.92 Å². The number of hydrogen-bond acceptors (Lipinski definition) is 8. The van der Waals surface area contributed by atoms with Crippen molar-refractivity contribution in [2.24, 2.45) is 5.73 Å². The summed E-state index contributed by atoms with van der Waals surface area (Å²) in [6.45, 7) is 0. The molecule has 31 heavy (non-hydrogen) atoms. The summed E-state index contributed by atoms with van der Waals surface area (Å²) >= 11 is 5.93. The first-order valence-corrected chi connectivity index (χ1v) is 9.37. The molecule has 0 fully saturated rings. The minimum atomic E-state index is -0.988. The Kier molecular flexibility index (Phi) is 6.18. The number of phenolic OH excluding ortho intramolecular Hbond substituents is 1. The molecular weight excluding hydrogens is 422 g/mol. The molecule has 0 spiro atoms. The molecule has 1 aliphatic rings. The molecule has 1 heterocycles. The molecule has 0 saturated heterocycles. The Morgan fingerprint density at radius 3 is 2.32 bits per heavy atom. The van der Waals surface area contributed by atoms with Crippen LogP contribution in [0.25, 0.3) is 0 Å². The van der Waals surface area contributed by atoms with Crippen LogP contribution in [0.3, 0.4) is 0 Å². The Morgan fingerprint density at radius 1 is 1.13 bits per heavy atom. The largest absolute Gasteiger partial charge is 0.506 e. The van der Waals surface area contributed by atoms with E-state index in [9.17, 15) is 20.0 Å². The minimum absolute atomic E-state index is 0.00592. The lowest BCUT2D eigenvalue weighted by Crippen LogP contribution is -2.40. The van der Waals surface area contributed by atoms with Crippen molar-refractivity contribution in [1.29, 1.82) is 5.26 Å². The van der Waals surface area contributed by atoms with Crippen LogP contribution in [0.4, 0.5) is 5.69 Å². The van der Waals surface area contributed by atoms with Crippen LogP contribution >= 0.6 is 11.6 Å². The third-order valence-electron chi connectivity index (χ3n) is 4.79. The number of phenols is 1. The molecule has 2 aromatic carbocycles. The van der Waals surface area contributed by atoms with Crippen LogP contribution < -0.4 is 10.6 Å². The predicted octanol–water partition coefficient (Wildman–Crippen LogP) is 2.94. The van der Waals surface area contributed by atoms with E-state index in [1.807, 2.05) is 6.07 Å². The van der Waals surface area contributed by atoms with E-state index in [1.54, 1.807) is 30.3 Å². The highest BCUT2D eigenvalue weighted by Gasteiger charge is 2.43. The molecule has 2 aromatic rings. The van der Waals surface area contributed by atoms with Gasteiger partial charge in [-0.1, -0.05) is 41.9 Å². The van der Waals surface area contributed by atoms with Crippen molar-refractivity contribution in [3.8, 4) is 11.8 Å². The molecule has 0 radical (unpaired) electrons. The fourth-order valence-corrected chi connectivity index (χ4v) is 3.62. The molecule has 0 amide bonds. The number of anilines is 1. The standard InChI is InChI=1S/C22H18ClN3O5/c1-30-21(28)18-17(12-6-4-3-5-7-12)14(11-24)20(25)26(19(18)22(29)31-2)15-9-8-13(23)10-16(15)27/h3-10,17,27H,25H2,1-2H3. The molecule has 1 unspecified atom stereocenters. The molecule has 0 aromatic heterocycles. The van der Waals surface area contributed by atoms with Gasteiger partial charge >= 0.3 is 11.9 Å². The van der Waals surface area contributed by atoms with E-state index in [1.165, 1.54) is 18.2 Å². The average molecular weight is 440 g/mol. The highest BCUT2D eigenvalue weighted by Crippen LogP contribution is 2.45. The Balaban J connectivity index is 2.43. The van der Waals surface area contributed by atoms with Gasteiger partial charge in [0.05, 0.1) is 43.0 Å². The second-order valence-corrected chi connectivity index (χ2v) is 6.90. The topological polar surface area (TPSA) is 126 Å². The summed E-state index contributed by atoms with van der Waals surface area (Å²) in [5, 5.41) is 20.7. The number of halogens is 1. The van der Waals surface area contributed by atoms with Crippen molar-refractivity contribution in [1.82, 2.24) is 0 Å². The van der Waals surface area contributed by atoms with Crippen LogP contribution in [0.1, 0.15) is 11.5 Å². The molecule has 3 rings (SSSR count). The van der Waals surface area contributed by atoms with E-state index in [-0.39, 0.29) is 39.1 Å². The zero-order valence-corrected chi connectivity index (χ0v) is 17.4. The van der Waals surface area contributed by atoms with Gasteiger partial charge in [0.15, 0.2) is 0 Å². The van der Waals surface area contributed by atoms with E-state index in [2.05, 4.69) is 0 Å². The van der Waals surface area contributed by atoms with Gasteiger partial charge in [-0.3, -0.25) is 4.90 Å². The average Bonchev–Trinajstić information content (AvgIpc) is 2.78. The third-order valence-corrected chi connectivity index (χ3v) is 5.02. The normalized spacial score (nSPS) is 16.1. The number of hydrogen-bond donors (Lipinski definition) is 2. The number of ether oxygens (including phenoxy) is 2. The van der Waals surface area contributed by atoms with Crippen molar-refractivity contribution < 1.29 is 24.2 Å². The van der Waals surface area contributed by atoms with E-state index in [0.717, 1.165) is 19.1 Å². The Hall–Kier alpha value is -3.96. The maximum atomic E-state index is 12.9. The molecule has 1 atom stereocenters. The van der Waals surface area contributed by atoms with Gasteiger partial charge in [-0.15, -0.1) is 0 Å². The van der Waals surface area contributed by atoms with Crippen LogP contribution in [0.2, 0.25) is 5.02 Å². The van der Waals surface area contributed by atoms with Gasteiger partial charge in [0.1, 0.15) is 17.3 Å². The summed E-state index contributed by atoms with van der Waals surface area (Å²) in [4.78, 5) is 26.9. The summed E-state index contributed by atoms with van der Waals surface area (Å²) in [5.41, 5.74) is 6.47. The number of carbonyl (C=O) groups is 2. The zero-order chi connectivity index (χ0) is 22.7. The number of nitrogens with zero attached hydrogens (tertiary/aromatic N) is 2. The van der Waals surface area contributed by atoms with Gasteiger partial charge in [0.2, 0.25) is 0 Å². The predicted molar refractivity (Wildman–Crippen MR) is 113 cm³/mol. The first-order valence-electron chi connectivity index (χ1n) is 8.99. The van der Waals surface area contributed by atoms with Crippen molar-refractivity contribution in [2.75, 3.05) is 19.1 Å². The molecule has 0 aliphatic carbocycles. The number of benzene rings is 2. The van der Waals surface area contributed by atoms with Gasteiger partial charge in [-0.2, -0.15) is 5.26 Å². The first kappa shape index (κ1) is 21.7. The number of esters is 2. The van der Waals surface area contributed by atoms with Gasteiger partial charge in [-0.05, 0) is 17.7 Å². The Morgan fingerprint density at radius 2 is 1.77 bits per heavy atom. The summed E-state index contributed by atoms with van der Waals surface area (Å²) < 4.78 is 9.86. The number of methoxy groups -OCH3 is 2. The SMILES string of the molecule is COC(=O)C1=C(C(=O)OC)N(c2ccc(Cl)cc2O)C(N)=C(C#N)C1c1ccccc1. The highest BCUT2D eigenvalue weighted by atomic mass is 35.5. The van der Waals surface area contributed by atoms with E-state index < -0.39 is 17.9 Å². The third kappa shape index (κ3) is 3.79. The first-order chi connectivity index (χ1) is 14.8. The number of carbonyl (C=O) groups excluding carboxylic acids is 2.